The Hall–Kier alpha value is -2.76. The highest BCUT2D eigenvalue weighted by atomic mass is 19.1. The average molecular weight is 330 g/mol. The third-order valence-corrected chi connectivity index (χ3v) is 3.70. The third-order valence-electron chi connectivity index (χ3n) is 3.70. The predicted octanol–water partition coefficient (Wildman–Crippen LogP) is 2.51. The zero-order valence-corrected chi connectivity index (χ0v) is 13.1. The highest BCUT2D eigenvalue weighted by Gasteiger charge is 2.20. The van der Waals surface area contributed by atoms with Crippen molar-refractivity contribution in [3.63, 3.8) is 0 Å². The van der Waals surface area contributed by atoms with Crippen LogP contribution in [-0.2, 0) is 6.42 Å². The number of nitrogens with one attached hydrogen (secondary N) is 2. The van der Waals surface area contributed by atoms with Crippen molar-refractivity contribution >= 4 is 6.03 Å². The van der Waals surface area contributed by atoms with E-state index in [9.17, 15) is 9.18 Å². The third kappa shape index (κ3) is 4.16. The fourth-order valence-corrected chi connectivity index (χ4v) is 2.44. The molecule has 5 nitrogen and oxygen atoms in total. The second kappa shape index (κ2) is 7.68. The molecule has 0 aromatic heterocycles. The summed E-state index contributed by atoms with van der Waals surface area (Å²) >= 11 is 0. The molecule has 6 heteroatoms. The maximum atomic E-state index is 13.5. The summed E-state index contributed by atoms with van der Waals surface area (Å²) in [7, 11) is 0. The van der Waals surface area contributed by atoms with Crippen LogP contribution in [0.25, 0.3) is 0 Å². The number of hydrogen-bond donors (Lipinski definition) is 2. The number of carbonyl (C=O) groups is 1. The number of para-hydroxylation sites is 2. The zero-order valence-electron chi connectivity index (χ0n) is 13.1. The molecule has 0 spiro atoms. The molecule has 2 amide bonds. The van der Waals surface area contributed by atoms with E-state index in [1.165, 1.54) is 6.07 Å². The molecule has 0 unspecified atom stereocenters. The Morgan fingerprint density at radius 2 is 1.83 bits per heavy atom. The standard InChI is InChI=1S/C18H19FN2O3/c19-15-6-2-1-5-13(15)9-10-20-18(22)21-11-14-12-23-16-7-3-4-8-17(16)24-14/h1-8,14H,9-12H2,(H2,20,21,22)/t14-/m0/s1. The molecule has 2 aromatic rings. The average Bonchev–Trinajstić information content (AvgIpc) is 2.61. The van der Waals surface area contributed by atoms with Gasteiger partial charge in [-0.3, -0.25) is 0 Å². The van der Waals surface area contributed by atoms with Gasteiger partial charge < -0.3 is 20.1 Å². The van der Waals surface area contributed by atoms with Crippen LogP contribution in [0, 0.1) is 5.82 Å². The van der Waals surface area contributed by atoms with Crippen LogP contribution in [0.15, 0.2) is 48.5 Å². The van der Waals surface area contributed by atoms with Gasteiger partial charge in [0.05, 0.1) is 6.54 Å². The van der Waals surface area contributed by atoms with Gasteiger partial charge in [0.1, 0.15) is 12.4 Å². The van der Waals surface area contributed by atoms with Crippen LogP contribution in [0.4, 0.5) is 9.18 Å². The second-order valence-electron chi connectivity index (χ2n) is 5.48. The molecule has 0 radical (unpaired) electrons. The summed E-state index contributed by atoms with van der Waals surface area (Å²) < 4.78 is 24.8. The number of urea groups is 1. The molecule has 0 saturated carbocycles. The van der Waals surface area contributed by atoms with E-state index in [0.717, 1.165) is 0 Å². The molecule has 2 N–H and O–H groups in total. The lowest BCUT2D eigenvalue weighted by atomic mass is 10.1. The first-order valence-corrected chi connectivity index (χ1v) is 7.86. The van der Waals surface area contributed by atoms with Crippen LogP contribution in [0.2, 0.25) is 0 Å². The number of hydrogen-bond acceptors (Lipinski definition) is 3. The van der Waals surface area contributed by atoms with E-state index in [1.54, 1.807) is 18.2 Å². The topological polar surface area (TPSA) is 59.6 Å². The summed E-state index contributed by atoms with van der Waals surface area (Å²) in [5.41, 5.74) is 0.582. The Morgan fingerprint density at radius 1 is 1.08 bits per heavy atom. The summed E-state index contributed by atoms with van der Waals surface area (Å²) in [5, 5.41) is 5.44. The molecule has 0 aliphatic carbocycles. The molecular weight excluding hydrogens is 311 g/mol. The summed E-state index contributed by atoms with van der Waals surface area (Å²) in [5.74, 6) is 1.13. The number of fused-ring (bicyclic) bond motifs is 1. The lowest BCUT2D eigenvalue weighted by Gasteiger charge is -2.26. The van der Waals surface area contributed by atoms with Crippen molar-refractivity contribution in [2.75, 3.05) is 19.7 Å². The first-order valence-electron chi connectivity index (χ1n) is 7.86. The first-order chi connectivity index (χ1) is 11.7. The Balaban J connectivity index is 1.38. The Bertz CT molecular complexity index is 708. The van der Waals surface area contributed by atoms with E-state index in [1.807, 2.05) is 24.3 Å². The highest BCUT2D eigenvalue weighted by Crippen LogP contribution is 2.30. The van der Waals surface area contributed by atoms with E-state index in [-0.39, 0.29) is 18.0 Å². The van der Waals surface area contributed by atoms with Gasteiger partial charge in [-0.15, -0.1) is 0 Å². The van der Waals surface area contributed by atoms with Crippen LogP contribution in [0.3, 0.4) is 0 Å². The Morgan fingerprint density at radius 3 is 2.67 bits per heavy atom. The van der Waals surface area contributed by atoms with Crippen LogP contribution >= 0.6 is 0 Å². The molecule has 0 saturated heterocycles. The van der Waals surface area contributed by atoms with Crippen molar-refractivity contribution in [2.45, 2.75) is 12.5 Å². The molecular formula is C18H19FN2O3. The van der Waals surface area contributed by atoms with Gasteiger partial charge in [-0.1, -0.05) is 30.3 Å². The van der Waals surface area contributed by atoms with E-state index in [0.29, 0.717) is 43.2 Å². The maximum absolute atomic E-state index is 13.5. The van der Waals surface area contributed by atoms with Gasteiger partial charge in [0.15, 0.2) is 17.6 Å². The van der Waals surface area contributed by atoms with Crippen LogP contribution < -0.4 is 20.1 Å². The van der Waals surface area contributed by atoms with Crippen LogP contribution in [0.5, 0.6) is 11.5 Å². The van der Waals surface area contributed by atoms with Gasteiger partial charge in [0.25, 0.3) is 0 Å². The zero-order chi connectivity index (χ0) is 16.8. The maximum Gasteiger partial charge on any atom is 0.314 e. The van der Waals surface area contributed by atoms with E-state index in [2.05, 4.69) is 10.6 Å². The van der Waals surface area contributed by atoms with Crippen molar-refractivity contribution in [2.24, 2.45) is 0 Å². The normalized spacial score (nSPS) is 15.6. The van der Waals surface area contributed by atoms with Crippen LogP contribution in [-0.4, -0.2) is 31.8 Å². The quantitative estimate of drug-likeness (QED) is 0.885. The van der Waals surface area contributed by atoms with Gasteiger partial charge >= 0.3 is 6.03 Å². The number of carbonyl (C=O) groups excluding carboxylic acids is 1. The predicted molar refractivity (Wildman–Crippen MR) is 87.9 cm³/mol. The largest absolute Gasteiger partial charge is 0.486 e. The summed E-state index contributed by atoms with van der Waals surface area (Å²) in [4.78, 5) is 11.8. The number of amides is 2. The summed E-state index contributed by atoms with van der Waals surface area (Å²) in [6.07, 6.45) is 0.202. The number of benzene rings is 2. The van der Waals surface area contributed by atoms with Crippen molar-refractivity contribution in [1.29, 1.82) is 0 Å². The van der Waals surface area contributed by atoms with Gasteiger partial charge in [-0.25, -0.2) is 9.18 Å². The SMILES string of the molecule is O=C(NCCc1ccccc1F)NC[C@H]1COc2ccccc2O1. The lowest BCUT2D eigenvalue weighted by molar-refractivity contribution is 0.0918. The molecule has 1 heterocycles. The van der Waals surface area contributed by atoms with Crippen molar-refractivity contribution in [3.05, 3.63) is 59.9 Å². The second-order valence-corrected chi connectivity index (χ2v) is 5.48. The molecule has 1 atom stereocenters. The van der Waals surface area contributed by atoms with E-state index in [4.69, 9.17) is 9.47 Å². The number of rotatable bonds is 5. The van der Waals surface area contributed by atoms with Crippen LogP contribution in [0.1, 0.15) is 5.56 Å². The molecule has 3 rings (SSSR count). The van der Waals surface area contributed by atoms with E-state index < -0.39 is 0 Å². The van der Waals surface area contributed by atoms with Crippen molar-refractivity contribution in [3.8, 4) is 11.5 Å². The minimum absolute atomic E-state index is 0.239. The molecule has 0 fully saturated rings. The van der Waals surface area contributed by atoms with Gasteiger partial charge in [0, 0.05) is 6.54 Å². The Labute approximate surface area is 139 Å². The first kappa shape index (κ1) is 16.1. The molecule has 1 aliphatic rings. The van der Waals surface area contributed by atoms with Gasteiger partial charge in [0.2, 0.25) is 0 Å². The smallest absolute Gasteiger partial charge is 0.314 e. The highest BCUT2D eigenvalue weighted by molar-refractivity contribution is 5.73. The summed E-state index contributed by atoms with van der Waals surface area (Å²) in [6, 6.07) is 13.6. The van der Waals surface area contributed by atoms with Crippen molar-refractivity contribution in [1.82, 2.24) is 10.6 Å². The van der Waals surface area contributed by atoms with Crippen molar-refractivity contribution < 1.29 is 18.7 Å². The molecule has 24 heavy (non-hydrogen) atoms. The molecule has 2 aromatic carbocycles. The number of ether oxygens (including phenoxy) is 2. The minimum Gasteiger partial charge on any atom is -0.486 e. The number of halogens is 1. The Kier molecular flexibility index (Phi) is 5.15. The monoisotopic (exact) mass is 330 g/mol. The molecule has 0 bridgehead atoms. The molecule has 126 valence electrons. The van der Waals surface area contributed by atoms with Gasteiger partial charge in [-0.2, -0.15) is 0 Å². The minimum atomic E-state index is -0.311. The fourth-order valence-electron chi connectivity index (χ4n) is 2.44. The summed E-state index contributed by atoms with van der Waals surface area (Å²) in [6.45, 7) is 1.07. The van der Waals surface area contributed by atoms with Gasteiger partial charge in [-0.05, 0) is 30.2 Å². The molecule has 1 aliphatic heterocycles. The fraction of sp³-hybridized carbons (Fsp3) is 0.278. The van der Waals surface area contributed by atoms with E-state index >= 15 is 0 Å². The lowest BCUT2D eigenvalue weighted by Crippen LogP contribution is -2.44.